The predicted octanol–water partition coefficient (Wildman–Crippen LogP) is 13.0. The van der Waals surface area contributed by atoms with Crippen LogP contribution in [0.2, 0.25) is 0 Å². The Morgan fingerprint density at radius 2 is 0.783 bits per heavy atom. The molecule has 0 saturated carbocycles. The van der Waals surface area contributed by atoms with Gasteiger partial charge in [-0.2, -0.15) is 0 Å². The summed E-state index contributed by atoms with van der Waals surface area (Å²) in [5.74, 6) is 0. The molecule has 46 heavy (non-hydrogen) atoms. The monoisotopic (exact) mass is 582 g/mol. The molecule has 0 aliphatic rings. The van der Waals surface area contributed by atoms with Crippen molar-refractivity contribution < 1.29 is 0 Å². The van der Waals surface area contributed by atoms with Gasteiger partial charge in [-0.25, -0.2) is 0 Å². The van der Waals surface area contributed by atoms with Crippen LogP contribution in [-0.2, 0) is 0 Å². The Bertz CT molecular complexity index is 2570. The summed E-state index contributed by atoms with van der Waals surface area (Å²) in [7, 11) is 0. The van der Waals surface area contributed by atoms with Crippen LogP contribution in [0.3, 0.4) is 0 Å². The third kappa shape index (κ3) is 4.47. The van der Waals surface area contributed by atoms with Crippen molar-refractivity contribution in [1.29, 1.82) is 0 Å². The highest BCUT2D eigenvalue weighted by molar-refractivity contribution is 6.20. The average molecular weight is 583 g/mol. The standard InChI is InChI=1S/C46H30/c1-2-11-31(12-3-1)36-17-8-18-39(29-36)46-43-22-10-20-41(37-25-23-32-13-4-6-15-34(32)27-37)44(43)30-40-19-9-21-42(45(40)46)38-26-24-33-14-5-7-16-35(33)28-38/h1-30H. The molecule has 0 heterocycles. The molecular formula is C46H30. The van der Waals surface area contributed by atoms with E-state index in [0.717, 1.165) is 0 Å². The van der Waals surface area contributed by atoms with Crippen molar-refractivity contribution in [3.8, 4) is 44.5 Å². The lowest BCUT2D eigenvalue weighted by Gasteiger charge is -2.19. The highest BCUT2D eigenvalue weighted by Gasteiger charge is 2.17. The van der Waals surface area contributed by atoms with Gasteiger partial charge in [0, 0.05) is 0 Å². The number of benzene rings is 9. The van der Waals surface area contributed by atoms with Crippen molar-refractivity contribution in [2.45, 2.75) is 0 Å². The van der Waals surface area contributed by atoms with E-state index in [-0.39, 0.29) is 0 Å². The van der Waals surface area contributed by atoms with Gasteiger partial charge in [0.05, 0.1) is 0 Å². The summed E-state index contributed by atoms with van der Waals surface area (Å²) in [5.41, 5.74) is 9.91. The molecule has 0 aliphatic carbocycles. The first-order chi connectivity index (χ1) is 22.8. The van der Waals surface area contributed by atoms with E-state index in [1.54, 1.807) is 0 Å². The van der Waals surface area contributed by atoms with Gasteiger partial charge in [-0.1, -0.05) is 158 Å². The van der Waals surface area contributed by atoms with Crippen LogP contribution in [0.5, 0.6) is 0 Å². The van der Waals surface area contributed by atoms with E-state index in [4.69, 9.17) is 0 Å². The molecule has 0 fully saturated rings. The molecule has 0 unspecified atom stereocenters. The molecular weight excluding hydrogens is 553 g/mol. The minimum atomic E-state index is 1.22. The van der Waals surface area contributed by atoms with E-state index in [1.807, 2.05) is 0 Å². The van der Waals surface area contributed by atoms with Gasteiger partial charge in [-0.05, 0) is 112 Å². The van der Waals surface area contributed by atoms with Gasteiger partial charge >= 0.3 is 0 Å². The molecule has 0 saturated heterocycles. The van der Waals surface area contributed by atoms with Crippen LogP contribution in [0.4, 0.5) is 0 Å². The fraction of sp³-hybridized carbons (Fsp3) is 0. The van der Waals surface area contributed by atoms with E-state index in [1.165, 1.54) is 87.6 Å². The maximum absolute atomic E-state index is 2.41. The van der Waals surface area contributed by atoms with E-state index >= 15 is 0 Å². The lowest BCUT2D eigenvalue weighted by Crippen LogP contribution is -1.92. The summed E-state index contributed by atoms with van der Waals surface area (Å²) in [6.45, 7) is 0. The minimum absolute atomic E-state index is 1.22. The Labute approximate surface area is 268 Å². The zero-order valence-electron chi connectivity index (χ0n) is 25.3. The average Bonchev–Trinajstić information content (AvgIpc) is 3.13. The molecule has 0 amide bonds. The Morgan fingerprint density at radius 3 is 1.52 bits per heavy atom. The Morgan fingerprint density at radius 1 is 0.239 bits per heavy atom. The van der Waals surface area contributed by atoms with Gasteiger partial charge in [0.25, 0.3) is 0 Å². The number of hydrogen-bond acceptors (Lipinski definition) is 0. The van der Waals surface area contributed by atoms with Gasteiger partial charge in [0.1, 0.15) is 0 Å². The highest BCUT2D eigenvalue weighted by atomic mass is 14.2. The zero-order chi connectivity index (χ0) is 30.5. The summed E-state index contributed by atoms with van der Waals surface area (Å²) in [4.78, 5) is 0. The van der Waals surface area contributed by atoms with Crippen LogP contribution in [0, 0.1) is 0 Å². The van der Waals surface area contributed by atoms with Crippen molar-refractivity contribution in [3.63, 3.8) is 0 Å². The van der Waals surface area contributed by atoms with Crippen LogP contribution in [0.25, 0.3) is 87.6 Å². The maximum atomic E-state index is 2.41. The van der Waals surface area contributed by atoms with Gasteiger partial charge in [0.2, 0.25) is 0 Å². The Hall–Kier alpha value is -5.98. The van der Waals surface area contributed by atoms with E-state index in [9.17, 15) is 0 Å². The van der Waals surface area contributed by atoms with E-state index < -0.39 is 0 Å². The quantitative estimate of drug-likeness (QED) is 0.181. The normalized spacial score (nSPS) is 11.5. The van der Waals surface area contributed by atoms with Crippen molar-refractivity contribution in [2.75, 3.05) is 0 Å². The molecule has 0 aliphatic heterocycles. The zero-order valence-corrected chi connectivity index (χ0v) is 25.3. The number of hydrogen-bond donors (Lipinski definition) is 0. The molecule has 9 rings (SSSR count). The molecule has 214 valence electrons. The molecule has 9 aromatic rings. The molecule has 9 aromatic carbocycles. The SMILES string of the molecule is c1ccc(-c2cccc(-c3c4cccc(-c5ccc6ccccc6c5)c4cc4cccc(-c5ccc6ccccc6c5)c34)c2)cc1. The van der Waals surface area contributed by atoms with E-state index in [0.29, 0.717) is 0 Å². The number of rotatable bonds is 4. The third-order valence-electron chi connectivity index (χ3n) is 9.40. The lowest BCUT2D eigenvalue weighted by molar-refractivity contribution is 1.61. The first-order valence-corrected chi connectivity index (χ1v) is 15.9. The molecule has 0 N–H and O–H groups in total. The first-order valence-electron chi connectivity index (χ1n) is 15.9. The van der Waals surface area contributed by atoms with Crippen LogP contribution >= 0.6 is 0 Å². The smallest absolute Gasteiger partial charge is 0.00201 e. The van der Waals surface area contributed by atoms with Crippen LogP contribution in [0.15, 0.2) is 182 Å². The summed E-state index contributed by atoms with van der Waals surface area (Å²) >= 11 is 0. The number of fused-ring (bicyclic) bond motifs is 4. The fourth-order valence-corrected chi connectivity index (χ4v) is 7.19. The highest BCUT2D eigenvalue weighted by Crippen LogP contribution is 2.45. The Balaban J connectivity index is 1.37. The first kappa shape index (κ1) is 26.4. The van der Waals surface area contributed by atoms with Crippen LogP contribution in [0.1, 0.15) is 0 Å². The molecule has 0 radical (unpaired) electrons. The molecule has 0 nitrogen and oxygen atoms in total. The van der Waals surface area contributed by atoms with Crippen molar-refractivity contribution in [2.24, 2.45) is 0 Å². The summed E-state index contributed by atoms with van der Waals surface area (Å²) in [6.07, 6.45) is 0. The molecule has 0 heteroatoms. The largest absolute Gasteiger partial charge is 0.0622 e. The minimum Gasteiger partial charge on any atom is -0.0622 e. The van der Waals surface area contributed by atoms with Gasteiger partial charge in [0.15, 0.2) is 0 Å². The maximum Gasteiger partial charge on any atom is -0.00201 e. The van der Waals surface area contributed by atoms with Crippen molar-refractivity contribution >= 4 is 43.1 Å². The van der Waals surface area contributed by atoms with Crippen molar-refractivity contribution in [1.82, 2.24) is 0 Å². The van der Waals surface area contributed by atoms with Crippen LogP contribution in [-0.4, -0.2) is 0 Å². The summed E-state index contributed by atoms with van der Waals surface area (Å²) in [5, 5.41) is 10.1. The summed E-state index contributed by atoms with van der Waals surface area (Å²) in [6, 6.07) is 66.7. The predicted molar refractivity (Wildman–Crippen MR) is 198 cm³/mol. The topological polar surface area (TPSA) is 0 Å². The lowest BCUT2D eigenvalue weighted by atomic mass is 9.84. The molecule has 0 aromatic heterocycles. The van der Waals surface area contributed by atoms with Gasteiger partial charge < -0.3 is 0 Å². The molecule has 0 spiro atoms. The molecule has 0 atom stereocenters. The second-order valence-electron chi connectivity index (χ2n) is 12.1. The summed E-state index contributed by atoms with van der Waals surface area (Å²) < 4.78 is 0. The fourth-order valence-electron chi connectivity index (χ4n) is 7.19. The Kier molecular flexibility index (Phi) is 6.25. The van der Waals surface area contributed by atoms with Crippen LogP contribution < -0.4 is 0 Å². The molecule has 0 bridgehead atoms. The van der Waals surface area contributed by atoms with E-state index in [2.05, 4.69) is 182 Å². The van der Waals surface area contributed by atoms with Gasteiger partial charge in [-0.15, -0.1) is 0 Å². The second kappa shape index (κ2) is 10.9. The van der Waals surface area contributed by atoms with Gasteiger partial charge in [-0.3, -0.25) is 0 Å². The van der Waals surface area contributed by atoms with Crippen molar-refractivity contribution in [3.05, 3.63) is 182 Å². The second-order valence-corrected chi connectivity index (χ2v) is 12.1. The third-order valence-corrected chi connectivity index (χ3v) is 9.40.